The van der Waals surface area contributed by atoms with E-state index >= 15 is 0 Å². The summed E-state index contributed by atoms with van der Waals surface area (Å²) in [4.78, 5) is 20.4. The smallest absolute Gasteiger partial charge is 0.164 e. The number of fused-ring (bicyclic) bond motifs is 5. The average molecular weight is 675 g/mol. The van der Waals surface area contributed by atoms with Gasteiger partial charge in [0.2, 0.25) is 0 Å². The molecule has 0 saturated heterocycles. The molecule has 0 unspecified atom stereocenters. The largest absolute Gasteiger partial charge is 0.236 e. The van der Waals surface area contributed by atoms with Crippen LogP contribution in [0, 0.1) is 0 Å². The van der Waals surface area contributed by atoms with E-state index in [2.05, 4.69) is 133 Å². The van der Waals surface area contributed by atoms with Crippen molar-refractivity contribution in [3.8, 4) is 55.9 Å². The van der Waals surface area contributed by atoms with Crippen LogP contribution in [0.2, 0.25) is 0 Å². The Morgan fingerprint density at radius 1 is 0.360 bits per heavy atom. The van der Waals surface area contributed by atoms with Crippen molar-refractivity contribution >= 4 is 63.8 Å². The minimum Gasteiger partial charge on any atom is -0.236 e. The molecular weight excluding hydrogens is 649 g/mol. The number of benzene rings is 7. The molecule has 0 fully saturated rings. The molecule has 3 aromatic heterocycles. The van der Waals surface area contributed by atoms with Crippen LogP contribution < -0.4 is 0 Å². The summed E-state index contributed by atoms with van der Waals surface area (Å²) in [5, 5.41) is 5.81. The van der Waals surface area contributed by atoms with Gasteiger partial charge in [-0.1, -0.05) is 140 Å². The Morgan fingerprint density at radius 3 is 1.78 bits per heavy atom. The molecule has 10 rings (SSSR count). The molecule has 0 radical (unpaired) electrons. The molecule has 0 amide bonds. The SMILES string of the molecule is c1ccc(-c2nc(-c3ccc(-c4cccc5ccccc45)cc3)nc(-c3cccc4sc5cc6sc(-c7ccccc7)nc6cc5c34)n2)cc1. The van der Waals surface area contributed by atoms with Crippen LogP contribution in [0.1, 0.15) is 0 Å². The van der Waals surface area contributed by atoms with Crippen molar-refractivity contribution in [1.29, 1.82) is 0 Å². The summed E-state index contributed by atoms with van der Waals surface area (Å²) in [5.41, 5.74) is 7.38. The number of aromatic nitrogens is 4. The van der Waals surface area contributed by atoms with Gasteiger partial charge in [0, 0.05) is 42.4 Å². The summed E-state index contributed by atoms with van der Waals surface area (Å²) in [6, 6.07) is 55.0. The fourth-order valence-electron chi connectivity index (χ4n) is 6.76. The van der Waals surface area contributed by atoms with Crippen molar-refractivity contribution in [3.63, 3.8) is 0 Å². The van der Waals surface area contributed by atoms with Crippen LogP contribution in [0.25, 0.3) is 97.0 Å². The van der Waals surface area contributed by atoms with Crippen LogP contribution in [-0.2, 0) is 0 Å². The molecular formula is C44H26N4S2. The Bertz CT molecular complexity index is 2850. The summed E-state index contributed by atoms with van der Waals surface area (Å²) >= 11 is 3.54. The van der Waals surface area contributed by atoms with Gasteiger partial charge in [-0.2, -0.15) is 0 Å². The predicted octanol–water partition coefficient (Wildman–Crippen LogP) is 12.3. The third-order valence-electron chi connectivity index (χ3n) is 9.18. The lowest BCUT2D eigenvalue weighted by atomic mass is 9.97. The van der Waals surface area contributed by atoms with E-state index in [1.165, 1.54) is 35.8 Å². The van der Waals surface area contributed by atoms with Gasteiger partial charge in [0.25, 0.3) is 0 Å². The highest BCUT2D eigenvalue weighted by atomic mass is 32.1. The lowest BCUT2D eigenvalue weighted by Gasteiger charge is -2.11. The highest BCUT2D eigenvalue weighted by Gasteiger charge is 2.18. The second kappa shape index (κ2) is 11.8. The molecule has 50 heavy (non-hydrogen) atoms. The highest BCUT2D eigenvalue weighted by molar-refractivity contribution is 7.26. The van der Waals surface area contributed by atoms with Crippen LogP contribution in [-0.4, -0.2) is 19.9 Å². The van der Waals surface area contributed by atoms with Crippen LogP contribution >= 0.6 is 22.7 Å². The van der Waals surface area contributed by atoms with Gasteiger partial charge in [-0.25, -0.2) is 19.9 Å². The first-order chi connectivity index (χ1) is 24.7. The number of nitrogens with zero attached hydrogens (tertiary/aromatic N) is 4. The van der Waals surface area contributed by atoms with Crippen molar-refractivity contribution in [2.75, 3.05) is 0 Å². The van der Waals surface area contributed by atoms with E-state index in [0.29, 0.717) is 17.5 Å². The summed E-state index contributed by atoms with van der Waals surface area (Å²) in [6.45, 7) is 0. The van der Waals surface area contributed by atoms with Gasteiger partial charge in [0.15, 0.2) is 17.5 Å². The van der Waals surface area contributed by atoms with E-state index in [1.807, 2.05) is 24.3 Å². The minimum atomic E-state index is 0.643. The molecule has 0 saturated carbocycles. The summed E-state index contributed by atoms with van der Waals surface area (Å²) < 4.78 is 3.61. The third-order valence-corrected chi connectivity index (χ3v) is 11.4. The molecule has 0 bridgehead atoms. The van der Waals surface area contributed by atoms with E-state index in [0.717, 1.165) is 43.7 Å². The molecule has 0 spiro atoms. The minimum absolute atomic E-state index is 0.643. The molecule has 0 atom stereocenters. The van der Waals surface area contributed by atoms with Crippen molar-refractivity contribution < 1.29 is 0 Å². The maximum Gasteiger partial charge on any atom is 0.164 e. The van der Waals surface area contributed by atoms with Crippen molar-refractivity contribution in [3.05, 3.63) is 158 Å². The van der Waals surface area contributed by atoms with Crippen molar-refractivity contribution in [2.45, 2.75) is 0 Å². The van der Waals surface area contributed by atoms with Crippen LogP contribution in [0.15, 0.2) is 158 Å². The standard InChI is InChI=1S/C44H26N4S2/c1-3-12-29(13-4-1)41-46-42(30-23-21-28(22-24-30)33-18-9-16-27-11-7-8-17-32(27)33)48-43(47-41)34-19-10-20-37-40(34)35-25-36-39(26-38(35)49-37)50-44(45-36)31-14-5-2-6-15-31/h1-26H. The van der Waals surface area contributed by atoms with E-state index in [-0.39, 0.29) is 0 Å². The molecule has 234 valence electrons. The average Bonchev–Trinajstić information content (AvgIpc) is 3.78. The fraction of sp³-hybridized carbons (Fsp3) is 0. The quantitative estimate of drug-likeness (QED) is 0.182. The molecule has 0 aliphatic heterocycles. The fourth-order valence-corrected chi connectivity index (χ4v) is 8.98. The molecule has 0 N–H and O–H groups in total. The number of thiazole rings is 1. The van der Waals surface area contributed by atoms with Crippen molar-refractivity contribution in [1.82, 2.24) is 19.9 Å². The molecule has 6 heteroatoms. The van der Waals surface area contributed by atoms with Crippen LogP contribution in [0.5, 0.6) is 0 Å². The second-order valence-corrected chi connectivity index (χ2v) is 14.4. The zero-order valence-corrected chi connectivity index (χ0v) is 28.2. The molecule has 4 nitrogen and oxygen atoms in total. The van der Waals surface area contributed by atoms with Crippen molar-refractivity contribution in [2.24, 2.45) is 0 Å². The Kier molecular flexibility index (Phi) is 6.82. The zero-order chi connectivity index (χ0) is 33.0. The summed E-state index contributed by atoms with van der Waals surface area (Å²) in [7, 11) is 0. The summed E-state index contributed by atoms with van der Waals surface area (Å²) in [5.74, 6) is 1.94. The zero-order valence-electron chi connectivity index (χ0n) is 26.6. The topological polar surface area (TPSA) is 51.6 Å². The van der Waals surface area contributed by atoms with E-state index < -0.39 is 0 Å². The first-order valence-corrected chi connectivity index (χ1v) is 18.1. The highest BCUT2D eigenvalue weighted by Crippen LogP contribution is 2.43. The van der Waals surface area contributed by atoms with E-state index in [4.69, 9.17) is 19.9 Å². The number of thiophene rings is 1. The Balaban J connectivity index is 1.13. The monoisotopic (exact) mass is 674 g/mol. The normalized spacial score (nSPS) is 11.6. The third kappa shape index (κ3) is 4.96. The maximum absolute atomic E-state index is 5.16. The predicted molar refractivity (Wildman–Crippen MR) is 211 cm³/mol. The number of hydrogen-bond donors (Lipinski definition) is 0. The molecule has 3 heterocycles. The Labute approximate surface area is 296 Å². The first-order valence-electron chi connectivity index (χ1n) is 16.5. The van der Waals surface area contributed by atoms with E-state index in [1.54, 1.807) is 22.7 Å². The van der Waals surface area contributed by atoms with E-state index in [9.17, 15) is 0 Å². The van der Waals surface area contributed by atoms with Crippen LogP contribution in [0.3, 0.4) is 0 Å². The lowest BCUT2D eigenvalue weighted by Crippen LogP contribution is -2.00. The summed E-state index contributed by atoms with van der Waals surface area (Å²) in [6.07, 6.45) is 0. The first kappa shape index (κ1) is 28.9. The maximum atomic E-state index is 5.16. The van der Waals surface area contributed by atoms with Gasteiger partial charge < -0.3 is 0 Å². The van der Waals surface area contributed by atoms with Gasteiger partial charge in [-0.05, 0) is 40.1 Å². The number of rotatable bonds is 5. The second-order valence-electron chi connectivity index (χ2n) is 12.3. The Morgan fingerprint density at radius 2 is 0.980 bits per heavy atom. The van der Waals surface area contributed by atoms with Gasteiger partial charge >= 0.3 is 0 Å². The molecule has 0 aliphatic rings. The Hall–Kier alpha value is -6.08. The van der Waals surface area contributed by atoms with Gasteiger partial charge in [-0.15, -0.1) is 22.7 Å². The lowest BCUT2D eigenvalue weighted by molar-refractivity contribution is 1.08. The van der Waals surface area contributed by atoms with Gasteiger partial charge in [-0.3, -0.25) is 0 Å². The van der Waals surface area contributed by atoms with Gasteiger partial charge in [0.1, 0.15) is 5.01 Å². The molecule has 7 aromatic carbocycles. The molecule has 10 aromatic rings. The van der Waals surface area contributed by atoms with Gasteiger partial charge in [0.05, 0.1) is 10.2 Å². The number of hydrogen-bond acceptors (Lipinski definition) is 6. The van der Waals surface area contributed by atoms with Crippen LogP contribution in [0.4, 0.5) is 0 Å². The molecule has 0 aliphatic carbocycles.